The Bertz CT molecular complexity index is 761. The van der Waals surface area contributed by atoms with Crippen LogP contribution in [0.2, 0.25) is 0 Å². The number of amides is 2. The Morgan fingerprint density at radius 3 is 2.60 bits per heavy atom. The van der Waals surface area contributed by atoms with E-state index >= 15 is 0 Å². The molecular weight excluding hydrogens is 314 g/mol. The van der Waals surface area contributed by atoms with Gasteiger partial charge in [0.2, 0.25) is 11.8 Å². The van der Waals surface area contributed by atoms with Gasteiger partial charge in [-0.25, -0.2) is 0 Å². The third kappa shape index (κ3) is 3.87. The normalized spacial score (nSPS) is 17.9. The van der Waals surface area contributed by atoms with E-state index in [-0.39, 0.29) is 18.4 Å². The molecule has 1 fully saturated rings. The molecule has 0 radical (unpaired) electrons. The molecule has 1 aliphatic rings. The van der Waals surface area contributed by atoms with Crippen molar-refractivity contribution in [2.45, 2.75) is 32.9 Å². The first-order chi connectivity index (χ1) is 12.1. The zero-order chi connectivity index (χ0) is 17.8. The van der Waals surface area contributed by atoms with E-state index in [2.05, 4.69) is 4.98 Å². The maximum Gasteiger partial charge on any atom is 0.245 e. The number of nitrogens with zero attached hydrogens (tertiary/aromatic N) is 3. The zero-order valence-electron chi connectivity index (χ0n) is 14.7. The summed E-state index contributed by atoms with van der Waals surface area (Å²) in [7, 11) is 0. The summed E-state index contributed by atoms with van der Waals surface area (Å²) in [6.45, 7) is 4.85. The number of aromatic nitrogens is 1. The number of piperazine rings is 1. The smallest absolute Gasteiger partial charge is 0.245 e. The first kappa shape index (κ1) is 17.1. The Morgan fingerprint density at radius 2 is 1.88 bits per heavy atom. The first-order valence-corrected chi connectivity index (χ1v) is 8.59. The number of carbonyl (C=O) groups excluding carboxylic acids is 2. The highest BCUT2D eigenvalue weighted by Crippen LogP contribution is 2.17. The lowest BCUT2D eigenvalue weighted by atomic mass is 10.1. The fourth-order valence-corrected chi connectivity index (χ4v) is 3.11. The van der Waals surface area contributed by atoms with E-state index in [1.165, 1.54) is 5.56 Å². The van der Waals surface area contributed by atoms with Crippen molar-refractivity contribution in [3.8, 4) is 0 Å². The highest BCUT2D eigenvalue weighted by molar-refractivity contribution is 5.94. The molecule has 0 aliphatic carbocycles. The number of pyridine rings is 1. The van der Waals surface area contributed by atoms with Crippen molar-refractivity contribution in [1.82, 2.24) is 14.8 Å². The molecule has 2 heterocycles. The Morgan fingerprint density at radius 1 is 1.12 bits per heavy atom. The molecule has 130 valence electrons. The summed E-state index contributed by atoms with van der Waals surface area (Å²) in [5.41, 5.74) is 3.04. The highest BCUT2D eigenvalue weighted by atomic mass is 16.2. The minimum absolute atomic E-state index is 0.00381. The van der Waals surface area contributed by atoms with Gasteiger partial charge < -0.3 is 9.80 Å². The molecule has 0 N–H and O–H groups in total. The molecule has 1 atom stereocenters. The summed E-state index contributed by atoms with van der Waals surface area (Å²) in [6, 6.07) is 13.4. The van der Waals surface area contributed by atoms with Gasteiger partial charge in [-0.05, 0) is 37.5 Å². The van der Waals surface area contributed by atoms with E-state index in [0.29, 0.717) is 13.1 Å². The third-order valence-corrected chi connectivity index (χ3v) is 4.73. The SMILES string of the molecule is Cc1cccnc1CN1C(=O)CN(CCc2ccccc2)C(=O)[C@H]1C. The summed E-state index contributed by atoms with van der Waals surface area (Å²) in [5.74, 6) is -0.0191. The van der Waals surface area contributed by atoms with Gasteiger partial charge in [-0.2, -0.15) is 0 Å². The van der Waals surface area contributed by atoms with Crippen LogP contribution < -0.4 is 0 Å². The van der Waals surface area contributed by atoms with Crippen LogP contribution in [0.25, 0.3) is 0 Å². The molecular formula is C20H23N3O2. The van der Waals surface area contributed by atoms with Gasteiger partial charge in [0, 0.05) is 12.7 Å². The number of hydrogen-bond acceptors (Lipinski definition) is 3. The molecule has 0 unspecified atom stereocenters. The van der Waals surface area contributed by atoms with E-state index in [9.17, 15) is 9.59 Å². The minimum atomic E-state index is -0.460. The standard InChI is InChI=1S/C20H23N3O2/c1-15-7-6-11-21-18(15)13-23-16(2)20(25)22(14-19(23)24)12-10-17-8-4-3-5-9-17/h3-9,11,16H,10,12-14H2,1-2H3/t16-/m1/s1. The number of rotatable bonds is 5. The zero-order valence-corrected chi connectivity index (χ0v) is 14.7. The predicted octanol–water partition coefficient (Wildman–Crippen LogP) is 2.19. The van der Waals surface area contributed by atoms with E-state index in [0.717, 1.165) is 17.7 Å². The third-order valence-electron chi connectivity index (χ3n) is 4.73. The van der Waals surface area contributed by atoms with Gasteiger partial charge >= 0.3 is 0 Å². The van der Waals surface area contributed by atoms with Crippen LogP contribution in [0.4, 0.5) is 0 Å². The fourth-order valence-electron chi connectivity index (χ4n) is 3.11. The Labute approximate surface area is 148 Å². The molecule has 1 saturated heterocycles. The molecule has 0 saturated carbocycles. The van der Waals surface area contributed by atoms with Gasteiger partial charge in [-0.15, -0.1) is 0 Å². The second-order valence-electron chi connectivity index (χ2n) is 6.46. The largest absolute Gasteiger partial charge is 0.331 e. The molecule has 25 heavy (non-hydrogen) atoms. The van der Waals surface area contributed by atoms with E-state index < -0.39 is 6.04 Å². The average Bonchev–Trinajstić information content (AvgIpc) is 2.63. The lowest BCUT2D eigenvalue weighted by Crippen LogP contribution is -2.58. The molecule has 1 aromatic carbocycles. The molecule has 2 aromatic rings. The van der Waals surface area contributed by atoms with Crippen LogP contribution in [-0.2, 0) is 22.6 Å². The van der Waals surface area contributed by atoms with Gasteiger partial charge in [-0.1, -0.05) is 36.4 Å². The maximum absolute atomic E-state index is 12.7. The number of aryl methyl sites for hydroxylation is 1. The van der Waals surface area contributed by atoms with Gasteiger partial charge in [0.1, 0.15) is 6.04 Å². The van der Waals surface area contributed by atoms with Crippen molar-refractivity contribution in [2.24, 2.45) is 0 Å². The van der Waals surface area contributed by atoms with Crippen LogP contribution in [0.1, 0.15) is 23.7 Å². The summed E-state index contributed by atoms with van der Waals surface area (Å²) < 4.78 is 0. The maximum atomic E-state index is 12.7. The van der Waals surface area contributed by atoms with Crippen LogP contribution in [0, 0.1) is 6.92 Å². The van der Waals surface area contributed by atoms with E-state index in [1.54, 1.807) is 22.9 Å². The molecule has 1 aromatic heterocycles. The second kappa shape index (κ2) is 7.47. The molecule has 5 nitrogen and oxygen atoms in total. The quantitative estimate of drug-likeness (QED) is 0.840. The lowest BCUT2D eigenvalue weighted by molar-refractivity contribution is -0.155. The van der Waals surface area contributed by atoms with Crippen molar-refractivity contribution in [3.63, 3.8) is 0 Å². The summed E-state index contributed by atoms with van der Waals surface area (Å²) >= 11 is 0. The van der Waals surface area contributed by atoms with Crippen molar-refractivity contribution in [1.29, 1.82) is 0 Å². The van der Waals surface area contributed by atoms with Crippen molar-refractivity contribution in [2.75, 3.05) is 13.1 Å². The second-order valence-corrected chi connectivity index (χ2v) is 6.46. The predicted molar refractivity (Wildman–Crippen MR) is 95.7 cm³/mol. The van der Waals surface area contributed by atoms with Crippen molar-refractivity contribution >= 4 is 11.8 Å². The Kier molecular flexibility index (Phi) is 5.12. The summed E-state index contributed by atoms with van der Waals surface area (Å²) in [5, 5.41) is 0. The molecule has 0 bridgehead atoms. The average molecular weight is 337 g/mol. The Balaban J connectivity index is 1.66. The lowest BCUT2D eigenvalue weighted by Gasteiger charge is -2.38. The fraction of sp³-hybridized carbons (Fsp3) is 0.350. The number of carbonyl (C=O) groups is 2. The molecule has 3 rings (SSSR count). The van der Waals surface area contributed by atoms with Gasteiger partial charge in [0.25, 0.3) is 0 Å². The minimum Gasteiger partial charge on any atom is -0.331 e. The van der Waals surface area contributed by atoms with Gasteiger partial charge in [0.15, 0.2) is 0 Å². The van der Waals surface area contributed by atoms with E-state index in [1.807, 2.05) is 49.4 Å². The summed E-state index contributed by atoms with van der Waals surface area (Å²) in [4.78, 5) is 32.9. The van der Waals surface area contributed by atoms with Crippen molar-refractivity contribution in [3.05, 3.63) is 65.5 Å². The van der Waals surface area contributed by atoms with Crippen LogP contribution in [0.3, 0.4) is 0 Å². The van der Waals surface area contributed by atoms with Crippen LogP contribution in [-0.4, -0.2) is 45.7 Å². The topological polar surface area (TPSA) is 53.5 Å². The van der Waals surface area contributed by atoms with E-state index in [4.69, 9.17) is 0 Å². The molecule has 1 aliphatic heterocycles. The Hall–Kier alpha value is -2.69. The first-order valence-electron chi connectivity index (χ1n) is 8.59. The molecule has 5 heteroatoms. The van der Waals surface area contributed by atoms with Gasteiger partial charge in [0.05, 0.1) is 18.8 Å². The van der Waals surface area contributed by atoms with Gasteiger partial charge in [-0.3, -0.25) is 14.6 Å². The molecule has 0 spiro atoms. The van der Waals surface area contributed by atoms with Crippen LogP contribution in [0.5, 0.6) is 0 Å². The van der Waals surface area contributed by atoms with Crippen LogP contribution >= 0.6 is 0 Å². The number of benzene rings is 1. The highest BCUT2D eigenvalue weighted by Gasteiger charge is 2.36. The van der Waals surface area contributed by atoms with Crippen LogP contribution in [0.15, 0.2) is 48.7 Å². The monoisotopic (exact) mass is 337 g/mol. The summed E-state index contributed by atoms with van der Waals surface area (Å²) in [6.07, 6.45) is 2.47. The molecule has 2 amide bonds. The van der Waals surface area contributed by atoms with Crippen molar-refractivity contribution < 1.29 is 9.59 Å². The number of hydrogen-bond donors (Lipinski definition) is 0.